The Bertz CT molecular complexity index is 783. The fourth-order valence-electron chi connectivity index (χ4n) is 4.46. The Morgan fingerprint density at radius 3 is 2.88 bits per heavy atom. The Balaban J connectivity index is 1.43. The Morgan fingerprint density at radius 2 is 2.08 bits per heavy atom. The molecule has 4 rings (SSSR count). The first-order chi connectivity index (χ1) is 12.7. The predicted molar refractivity (Wildman–Crippen MR) is 96.0 cm³/mol. The van der Waals surface area contributed by atoms with Crippen LogP contribution in [0.5, 0.6) is 0 Å². The van der Waals surface area contributed by atoms with Gasteiger partial charge in [0.05, 0.1) is 18.8 Å². The number of rotatable bonds is 5. The summed E-state index contributed by atoms with van der Waals surface area (Å²) >= 11 is 0. The van der Waals surface area contributed by atoms with Crippen LogP contribution in [-0.4, -0.2) is 35.5 Å². The Labute approximate surface area is 153 Å². The lowest BCUT2D eigenvalue weighted by atomic mass is 9.81. The van der Waals surface area contributed by atoms with Gasteiger partial charge < -0.3 is 9.64 Å². The van der Waals surface area contributed by atoms with E-state index in [4.69, 9.17) is 4.74 Å². The highest BCUT2D eigenvalue weighted by molar-refractivity contribution is 5.94. The van der Waals surface area contributed by atoms with Crippen LogP contribution in [0.2, 0.25) is 0 Å². The highest BCUT2D eigenvalue weighted by Crippen LogP contribution is 2.49. The largest absolute Gasteiger partial charge is 0.376 e. The lowest BCUT2D eigenvalue weighted by molar-refractivity contribution is 0.0265. The smallest absolute Gasteiger partial charge is 0.256 e. The zero-order valence-corrected chi connectivity index (χ0v) is 14.7. The first kappa shape index (κ1) is 17.2. The number of carbonyl (C=O) groups is 1. The summed E-state index contributed by atoms with van der Waals surface area (Å²) in [4.78, 5) is 18.6. The fraction of sp³-hybridized carbons (Fsp3) is 0.429. The van der Waals surface area contributed by atoms with Crippen molar-refractivity contribution in [3.8, 4) is 0 Å². The van der Waals surface area contributed by atoms with Crippen molar-refractivity contribution in [1.29, 1.82) is 0 Å². The van der Waals surface area contributed by atoms with Gasteiger partial charge in [-0.05, 0) is 48.6 Å². The summed E-state index contributed by atoms with van der Waals surface area (Å²) in [6.45, 7) is 2.55. The van der Waals surface area contributed by atoms with E-state index in [0.717, 1.165) is 18.4 Å². The van der Waals surface area contributed by atoms with Crippen LogP contribution >= 0.6 is 0 Å². The third-order valence-corrected chi connectivity index (χ3v) is 5.84. The van der Waals surface area contributed by atoms with Crippen LogP contribution in [0.15, 0.2) is 48.8 Å². The average Bonchev–Trinajstić information content (AvgIpc) is 3.20. The number of pyridine rings is 1. The van der Waals surface area contributed by atoms with Crippen molar-refractivity contribution in [1.82, 2.24) is 9.88 Å². The van der Waals surface area contributed by atoms with Gasteiger partial charge in [0.2, 0.25) is 0 Å². The van der Waals surface area contributed by atoms with Crippen LogP contribution in [0.25, 0.3) is 0 Å². The van der Waals surface area contributed by atoms with E-state index in [1.165, 1.54) is 12.5 Å². The van der Waals surface area contributed by atoms with Crippen molar-refractivity contribution in [2.75, 3.05) is 19.7 Å². The summed E-state index contributed by atoms with van der Waals surface area (Å²) in [5.74, 6) is -0.209. The molecule has 5 heteroatoms. The van der Waals surface area contributed by atoms with Crippen LogP contribution in [0, 0.1) is 17.2 Å². The zero-order chi connectivity index (χ0) is 18.0. The fourth-order valence-corrected chi connectivity index (χ4v) is 4.46. The molecule has 1 saturated carbocycles. The Kier molecular flexibility index (Phi) is 4.72. The number of carbonyl (C=O) groups excluding carboxylic acids is 1. The van der Waals surface area contributed by atoms with Crippen molar-refractivity contribution >= 4 is 5.91 Å². The number of likely N-dealkylation sites (tertiary alicyclic amines) is 1. The predicted octanol–water partition coefficient (Wildman–Crippen LogP) is 3.68. The topological polar surface area (TPSA) is 42.4 Å². The highest BCUT2D eigenvalue weighted by Gasteiger charge is 2.50. The third-order valence-electron chi connectivity index (χ3n) is 5.84. The molecule has 2 aromatic rings. The molecule has 0 spiro atoms. The molecule has 2 aliphatic rings. The van der Waals surface area contributed by atoms with Crippen LogP contribution in [0.3, 0.4) is 0 Å². The van der Waals surface area contributed by atoms with Crippen LogP contribution in [0.1, 0.15) is 35.2 Å². The molecule has 26 heavy (non-hydrogen) atoms. The van der Waals surface area contributed by atoms with Crippen LogP contribution in [-0.2, 0) is 11.3 Å². The first-order valence-corrected chi connectivity index (χ1v) is 9.18. The van der Waals surface area contributed by atoms with Crippen LogP contribution in [0.4, 0.5) is 4.39 Å². The molecule has 1 amide bonds. The number of hydrogen-bond acceptors (Lipinski definition) is 3. The molecule has 1 aliphatic heterocycles. The van der Waals surface area contributed by atoms with Gasteiger partial charge in [0, 0.05) is 30.9 Å². The van der Waals surface area contributed by atoms with Crippen molar-refractivity contribution in [2.45, 2.75) is 25.9 Å². The van der Waals surface area contributed by atoms with Crippen molar-refractivity contribution in [3.05, 3.63) is 65.7 Å². The molecule has 2 fully saturated rings. The molecular formula is C21H23FN2O2. The molecule has 1 aromatic carbocycles. The molecule has 1 aromatic heterocycles. The van der Waals surface area contributed by atoms with E-state index in [9.17, 15) is 9.18 Å². The monoisotopic (exact) mass is 354 g/mol. The summed E-state index contributed by atoms with van der Waals surface area (Å²) in [5, 5.41) is 0. The zero-order valence-electron chi connectivity index (χ0n) is 14.7. The molecule has 2 atom stereocenters. The van der Waals surface area contributed by atoms with E-state index < -0.39 is 5.82 Å². The summed E-state index contributed by atoms with van der Waals surface area (Å²) in [5.41, 5.74) is 1.28. The van der Waals surface area contributed by atoms with Gasteiger partial charge in [-0.1, -0.05) is 18.6 Å². The quantitative estimate of drug-likeness (QED) is 0.823. The van der Waals surface area contributed by atoms with E-state index in [0.29, 0.717) is 32.2 Å². The van der Waals surface area contributed by atoms with Gasteiger partial charge in [0.15, 0.2) is 0 Å². The minimum Gasteiger partial charge on any atom is -0.376 e. The average molecular weight is 354 g/mol. The maximum absolute atomic E-state index is 14.0. The number of aromatic nitrogens is 1. The first-order valence-electron chi connectivity index (χ1n) is 9.18. The summed E-state index contributed by atoms with van der Waals surface area (Å²) < 4.78 is 20.0. The summed E-state index contributed by atoms with van der Waals surface area (Å²) in [6.07, 6.45) is 6.87. The normalized spacial score (nSPS) is 24.7. The number of nitrogens with zero attached hydrogens (tertiary/aromatic N) is 2. The molecule has 2 heterocycles. The minimum absolute atomic E-state index is 0.00788. The second-order valence-electron chi connectivity index (χ2n) is 7.47. The molecule has 0 radical (unpaired) electrons. The number of amides is 1. The lowest BCUT2D eigenvalue weighted by Crippen LogP contribution is -2.35. The molecular weight excluding hydrogens is 331 g/mol. The van der Waals surface area contributed by atoms with Crippen molar-refractivity contribution in [2.24, 2.45) is 11.3 Å². The van der Waals surface area contributed by atoms with Gasteiger partial charge in [0.25, 0.3) is 5.91 Å². The lowest BCUT2D eigenvalue weighted by Gasteiger charge is -2.28. The number of benzene rings is 1. The number of ether oxygens (including phenoxy) is 1. The molecule has 0 unspecified atom stereocenters. The second kappa shape index (κ2) is 7.16. The van der Waals surface area contributed by atoms with Gasteiger partial charge >= 0.3 is 0 Å². The summed E-state index contributed by atoms with van der Waals surface area (Å²) in [6, 6.07) is 10.1. The molecule has 1 saturated heterocycles. The Morgan fingerprint density at radius 1 is 1.27 bits per heavy atom. The Hall–Kier alpha value is -2.27. The number of hydrogen-bond donors (Lipinski definition) is 0. The third kappa shape index (κ3) is 3.23. The van der Waals surface area contributed by atoms with Crippen molar-refractivity contribution in [3.63, 3.8) is 0 Å². The van der Waals surface area contributed by atoms with Gasteiger partial charge in [-0.25, -0.2) is 4.39 Å². The SMILES string of the molecule is O=C(c1ccccc1F)N1C[C@H]2CCC[C@@]2(COCc2ccncc2)C1. The van der Waals surface area contributed by atoms with E-state index in [1.807, 2.05) is 17.0 Å². The molecule has 0 bridgehead atoms. The maximum Gasteiger partial charge on any atom is 0.256 e. The van der Waals surface area contributed by atoms with Gasteiger partial charge in [0.1, 0.15) is 5.82 Å². The summed E-state index contributed by atoms with van der Waals surface area (Å²) in [7, 11) is 0. The van der Waals surface area contributed by atoms with E-state index in [1.54, 1.807) is 30.6 Å². The van der Waals surface area contributed by atoms with Gasteiger partial charge in [-0.3, -0.25) is 9.78 Å². The number of halogens is 1. The van der Waals surface area contributed by atoms with Crippen LogP contribution < -0.4 is 0 Å². The maximum atomic E-state index is 14.0. The van der Waals surface area contributed by atoms with E-state index in [-0.39, 0.29) is 16.9 Å². The van der Waals surface area contributed by atoms with E-state index in [2.05, 4.69) is 4.98 Å². The molecule has 1 aliphatic carbocycles. The molecule has 4 nitrogen and oxygen atoms in total. The molecule has 136 valence electrons. The standard InChI is InChI=1S/C21H23FN2O2/c22-19-6-2-1-5-18(19)20(25)24-12-17-4-3-9-21(17,14-24)15-26-13-16-7-10-23-11-8-16/h1-2,5-8,10-11,17H,3-4,9,12-15H2/t17-,21+/m1/s1. The van der Waals surface area contributed by atoms with Crippen molar-refractivity contribution < 1.29 is 13.9 Å². The minimum atomic E-state index is -0.447. The van der Waals surface area contributed by atoms with E-state index >= 15 is 0 Å². The highest BCUT2D eigenvalue weighted by atomic mass is 19.1. The molecule has 0 N–H and O–H groups in total. The second-order valence-corrected chi connectivity index (χ2v) is 7.47. The number of fused-ring (bicyclic) bond motifs is 1. The van der Waals surface area contributed by atoms with Gasteiger partial charge in [-0.2, -0.15) is 0 Å². The van der Waals surface area contributed by atoms with Gasteiger partial charge in [-0.15, -0.1) is 0 Å².